The molecule has 2 heterocycles. The number of carbonyl (C=O) groups excluding carboxylic acids is 1. The fourth-order valence-electron chi connectivity index (χ4n) is 3.88. The third kappa shape index (κ3) is 6.42. The quantitative estimate of drug-likeness (QED) is 0.431. The van der Waals surface area contributed by atoms with Crippen molar-refractivity contribution in [3.63, 3.8) is 0 Å². The number of hydrogen-bond acceptors (Lipinski definition) is 5. The van der Waals surface area contributed by atoms with E-state index in [-0.39, 0.29) is 6.54 Å². The van der Waals surface area contributed by atoms with Gasteiger partial charge in [0.2, 0.25) is 15.9 Å². The molecule has 1 amide bonds. The molecule has 3 aromatic rings. The van der Waals surface area contributed by atoms with E-state index < -0.39 is 63.7 Å². The van der Waals surface area contributed by atoms with Crippen LogP contribution >= 0.6 is 0 Å². The highest BCUT2D eigenvalue weighted by molar-refractivity contribution is 7.89. The second-order valence-corrected chi connectivity index (χ2v) is 10.3. The Morgan fingerprint density at radius 1 is 1.08 bits per heavy atom. The molecule has 2 aromatic carbocycles. The number of rotatable bonds is 7. The summed E-state index contributed by atoms with van der Waals surface area (Å²) >= 11 is 0. The van der Waals surface area contributed by atoms with E-state index in [4.69, 9.17) is 0 Å². The first-order valence-corrected chi connectivity index (χ1v) is 12.4. The molecule has 0 radical (unpaired) electrons. The van der Waals surface area contributed by atoms with Crippen LogP contribution in [0.3, 0.4) is 0 Å². The first kappa shape index (κ1) is 27.4. The van der Waals surface area contributed by atoms with Gasteiger partial charge in [-0.05, 0) is 66.2 Å². The number of halogens is 6. The number of nitrogens with one attached hydrogen (secondary N) is 1. The Bertz CT molecular complexity index is 1410. The summed E-state index contributed by atoms with van der Waals surface area (Å²) in [6.45, 7) is -1.38. The molecule has 4 rings (SSSR count). The number of hydrogen-bond donors (Lipinski definition) is 1. The van der Waals surface area contributed by atoms with Gasteiger partial charge in [-0.15, -0.1) is 13.2 Å². The average Bonchev–Trinajstić information content (AvgIpc) is 3.19. The minimum Gasteiger partial charge on any atom is -0.406 e. The van der Waals surface area contributed by atoms with E-state index in [9.17, 15) is 39.6 Å². The normalized spacial score (nSPS) is 17.8. The van der Waals surface area contributed by atoms with E-state index in [0.717, 1.165) is 36.4 Å². The summed E-state index contributed by atoms with van der Waals surface area (Å²) in [6, 6.07) is 9.84. The molecule has 1 aromatic heterocycles. The Morgan fingerprint density at radius 3 is 2.37 bits per heavy atom. The number of aromatic nitrogens is 1. The first-order valence-electron chi connectivity index (χ1n) is 11.0. The van der Waals surface area contributed by atoms with Gasteiger partial charge in [0.15, 0.2) is 0 Å². The summed E-state index contributed by atoms with van der Waals surface area (Å²) in [5.74, 6) is -5.55. The van der Waals surface area contributed by atoms with Gasteiger partial charge < -0.3 is 10.1 Å². The molecule has 14 heteroatoms. The molecule has 0 bridgehead atoms. The fraction of sp³-hybridized carbons (Fsp3) is 0.250. The average molecular weight is 559 g/mol. The monoisotopic (exact) mass is 559 g/mol. The molecule has 1 saturated heterocycles. The number of pyridine rings is 1. The molecule has 0 spiro atoms. The number of carbonyl (C=O) groups is 1. The maximum absolute atomic E-state index is 14.2. The van der Waals surface area contributed by atoms with E-state index in [1.165, 1.54) is 30.5 Å². The van der Waals surface area contributed by atoms with Gasteiger partial charge in [0, 0.05) is 24.7 Å². The standard InChI is InChI=1S/C24H19F6N3O4S/c25-17-3-7-19(8-4-17)38(35,36)33-14-23(26,27)12-21(33)22(34)32-13-15-9-10-31-20(11-15)16-1-5-18(6-2-16)37-24(28,29)30/h1-11,21H,12-14H2,(H,32,34)/t21-/m0/s1. The highest BCUT2D eigenvalue weighted by Crippen LogP contribution is 2.36. The topological polar surface area (TPSA) is 88.6 Å². The van der Waals surface area contributed by atoms with Crippen molar-refractivity contribution in [2.45, 2.75) is 36.2 Å². The second kappa shape index (κ2) is 10.3. The van der Waals surface area contributed by atoms with Crippen LogP contribution in [0.1, 0.15) is 12.0 Å². The predicted octanol–water partition coefficient (Wildman–Crippen LogP) is 4.50. The Labute approximate surface area is 213 Å². The summed E-state index contributed by atoms with van der Waals surface area (Å²) in [4.78, 5) is 16.5. The predicted molar refractivity (Wildman–Crippen MR) is 122 cm³/mol. The summed E-state index contributed by atoms with van der Waals surface area (Å²) in [5, 5.41) is 2.44. The maximum Gasteiger partial charge on any atom is 0.573 e. The van der Waals surface area contributed by atoms with E-state index in [2.05, 4.69) is 15.0 Å². The molecular weight excluding hydrogens is 540 g/mol. The number of amides is 1. The minimum absolute atomic E-state index is 0.171. The van der Waals surface area contributed by atoms with Crippen molar-refractivity contribution in [2.24, 2.45) is 0 Å². The van der Waals surface area contributed by atoms with Crippen LogP contribution in [0, 0.1) is 5.82 Å². The third-order valence-corrected chi connectivity index (χ3v) is 7.49. The molecule has 1 atom stereocenters. The molecule has 0 saturated carbocycles. The summed E-state index contributed by atoms with van der Waals surface area (Å²) in [5.41, 5.74) is 1.26. The zero-order valence-electron chi connectivity index (χ0n) is 19.3. The Balaban J connectivity index is 1.47. The van der Waals surface area contributed by atoms with Gasteiger partial charge in [0.25, 0.3) is 5.92 Å². The molecule has 0 aliphatic carbocycles. The number of sulfonamides is 1. The molecule has 38 heavy (non-hydrogen) atoms. The number of nitrogens with zero attached hydrogens (tertiary/aromatic N) is 2. The Kier molecular flexibility index (Phi) is 7.39. The van der Waals surface area contributed by atoms with Crippen LogP contribution in [-0.2, 0) is 21.4 Å². The van der Waals surface area contributed by atoms with E-state index >= 15 is 0 Å². The van der Waals surface area contributed by atoms with Crippen LogP contribution in [0.5, 0.6) is 5.75 Å². The zero-order chi connectivity index (χ0) is 27.7. The third-order valence-electron chi connectivity index (χ3n) is 5.62. The lowest BCUT2D eigenvalue weighted by molar-refractivity contribution is -0.274. The van der Waals surface area contributed by atoms with Crippen molar-refractivity contribution in [2.75, 3.05) is 6.54 Å². The van der Waals surface area contributed by atoms with Crippen LogP contribution in [0.25, 0.3) is 11.3 Å². The van der Waals surface area contributed by atoms with Crippen LogP contribution < -0.4 is 10.1 Å². The number of ether oxygens (including phenoxy) is 1. The van der Waals surface area contributed by atoms with Crippen LogP contribution in [0.15, 0.2) is 71.8 Å². The summed E-state index contributed by atoms with van der Waals surface area (Å²) in [7, 11) is -4.53. The van der Waals surface area contributed by atoms with E-state index in [0.29, 0.717) is 21.1 Å². The minimum atomic E-state index is -4.84. The molecule has 1 aliphatic rings. The SMILES string of the molecule is O=C(NCc1ccnc(-c2ccc(OC(F)(F)F)cc2)c1)[C@@H]1CC(F)(F)CN1S(=O)(=O)c1ccc(F)cc1. The maximum atomic E-state index is 14.2. The summed E-state index contributed by atoms with van der Waals surface area (Å²) < 4.78 is 109. The highest BCUT2D eigenvalue weighted by Gasteiger charge is 2.52. The highest BCUT2D eigenvalue weighted by atomic mass is 32.2. The Hall–Kier alpha value is -3.65. The first-order chi connectivity index (χ1) is 17.7. The lowest BCUT2D eigenvalue weighted by atomic mass is 10.1. The number of benzene rings is 2. The largest absolute Gasteiger partial charge is 0.573 e. The van der Waals surface area contributed by atoms with Crippen molar-refractivity contribution in [3.8, 4) is 17.0 Å². The van der Waals surface area contributed by atoms with Crippen molar-refractivity contribution >= 4 is 15.9 Å². The lowest BCUT2D eigenvalue weighted by Gasteiger charge is -2.22. The van der Waals surface area contributed by atoms with Crippen molar-refractivity contribution in [1.29, 1.82) is 0 Å². The van der Waals surface area contributed by atoms with Crippen molar-refractivity contribution in [1.82, 2.24) is 14.6 Å². The molecule has 7 nitrogen and oxygen atoms in total. The second-order valence-electron chi connectivity index (χ2n) is 8.42. The summed E-state index contributed by atoms with van der Waals surface area (Å²) in [6.07, 6.45) is -4.49. The smallest absolute Gasteiger partial charge is 0.406 e. The van der Waals surface area contributed by atoms with Gasteiger partial charge in [0.05, 0.1) is 17.1 Å². The van der Waals surface area contributed by atoms with Crippen molar-refractivity contribution in [3.05, 3.63) is 78.2 Å². The fourth-order valence-corrected chi connectivity index (χ4v) is 5.50. The van der Waals surface area contributed by atoms with Crippen LogP contribution in [0.4, 0.5) is 26.3 Å². The van der Waals surface area contributed by atoms with Crippen LogP contribution in [0.2, 0.25) is 0 Å². The molecular formula is C24H19F6N3O4S. The van der Waals surface area contributed by atoms with Gasteiger partial charge in [-0.1, -0.05) is 0 Å². The van der Waals surface area contributed by atoms with Crippen molar-refractivity contribution < 1.29 is 44.3 Å². The Morgan fingerprint density at radius 2 is 1.74 bits per heavy atom. The van der Waals surface area contributed by atoms with Gasteiger partial charge in [-0.3, -0.25) is 9.78 Å². The lowest BCUT2D eigenvalue weighted by Crippen LogP contribution is -2.45. The molecule has 0 unspecified atom stereocenters. The number of alkyl halides is 5. The molecule has 1 aliphatic heterocycles. The van der Waals surface area contributed by atoms with E-state index in [1.807, 2.05) is 0 Å². The molecule has 1 N–H and O–H groups in total. The zero-order valence-corrected chi connectivity index (χ0v) is 20.1. The van der Waals surface area contributed by atoms with Gasteiger partial charge in [0.1, 0.15) is 17.6 Å². The molecule has 202 valence electrons. The molecule has 1 fully saturated rings. The van der Waals surface area contributed by atoms with Crippen LogP contribution in [-0.4, -0.2) is 48.5 Å². The van der Waals surface area contributed by atoms with Gasteiger partial charge in [-0.2, -0.15) is 4.31 Å². The van der Waals surface area contributed by atoms with E-state index in [1.54, 1.807) is 0 Å². The van der Waals surface area contributed by atoms with Gasteiger partial charge in [-0.25, -0.2) is 21.6 Å². The van der Waals surface area contributed by atoms with Gasteiger partial charge >= 0.3 is 6.36 Å².